The minimum Gasteiger partial charge on any atom is -0.354 e. The molecule has 2 aliphatic rings. The number of hydrogen-bond donors (Lipinski definition) is 1. The Hall–Kier alpha value is -3.88. The minimum absolute atomic E-state index is 0.00557. The molecule has 1 aromatic heterocycles. The molecule has 1 N–H and O–H groups in total. The Bertz CT molecular complexity index is 1230. The van der Waals surface area contributed by atoms with Gasteiger partial charge in [-0.1, -0.05) is 12.1 Å². The number of anilines is 2. The highest BCUT2D eigenvalue weighted by Gasteiger charge is 2.30. The summed E-state index contributed by atoms with van der Waals surface area (Å²) in [7, 11) is 0. The lowest BCUT2D eigenvalue weighted by Crippen LogP contribution is -2.38. The van der Waals surface area contributed by atoms with Gasteiger partial charge in [-0.3, -0.25) is 9.59 Å². The summed E-state index contributed by atoms with van der Waals surface area (Å²) in [4.78, 5) is 29.1. The number of hydrogen-bond acceptors (Lipinski definition) is 5. The average Bonchev–Trinajstić information content (AvgIpc) is 3.40. The van der Waals surface area contributed by atoms with Crippen LogP contribution in [0.5, 0.6) is 0 Å². The zero-order chi connectivity index (χ0) is 25.1. The van der Waals surface area contributed by atoms with Gasteiger partial charge in [-0.25, -0.2) is 8.78 Å². The average molecular weight is 492 g/mol. The van der Waals surface area contributed by atoms with E-state index in [1.165, 1.54) is 6.07 Å². The van der Waals surface area contributed by atoms with Gasteiger partial charge in [-0.15, -0.1) is 5.10 Å². The smallest absolute Gasteiger partial charge is 0.256 e. The molecule has 3 heterocycles. The molecule has 5 rings (SSSR count). The van der Waals surface area contributed by atoms with E-state index in [-0.39, 0.29) is 23.3 Å². The number of rotatable bonds is 5. The van der Waals surface area contributed by atoms with Crippen LogP contribution in [0.25, 0.3) is 0 Å². The van der Waals surface area contributed by atoms with Crippen LogP contribution in [0.3, 0.4) is 0 Å². The van der Waals surface area contributed by atoms with Gasteiger partial charge in [0.25, 0.3) is 5.91 Å². The van der Waals surface area contributed by atoms with Gasteiger partial charge >= 0.3 is 0 Å². The first-order valence-corrected chi connectivity index (χ1v) is 12.2. The molecule has 0 aliphatic carbocycles. The van der Waals surface area contributed by atoms with Crippen molar-refractivity contribution in [3.8, 4) is 0 Å². The summed E-state index contributed by atoms with van der Waals surface area (Å²) in [5, 5.41) is 11.0. The van der Waals surface area contributed by atoms with Crippen LogP contribution in [-0.4, -0.2) is 53.1 Å². The number of likely N-dealkylation sites (tertiary alicyclic amines) is 1. The number of halogens is 2. The molecule has 0 spiro atoms. The van der Waals surface area contributed by atoms with E-state index in [2.05, 4.69) is 20.4 Å². The zero-order valence-corrected chi connectivity index (χ0v) is 19.7. The predicted molar refractivity (Wildman–Crippen MR) is 132 cm³/mol. The van der Waals surface area contributed by atoms with Gasteiger partial charge in [0.15, 0.2) is 5.82 Å². The van der Waals surface area contributed by atoms with Crippen LogP contribution in [-0.2, 0) is 4.79 Å². The first-order valence-electron chi connectivity index (χ1n) is 12.2. The van der Waals surface area contributed by atoms with Crippen molar-refractivity contribution in [3.63, 3.8) is 0 Å². The van der Waals surface area contributed by atoms with Crippen molar-refractivity contribution in [3.05, 3.63) is 83.6 Å². The van der Waals surface area contributed by atoms with Crippen molar-refractivity contribution >= 4 is 23.3 Å². The maximum atomic E-state index is 14.0. The molecular weight excluding hydrogens is 464 g/mol. The third-order valence-corrected chi connectivity index (χ3v) is 7.03. The molecule has 2 amide bonds. The summed E-state index contributed by atoms with van der Waals surface area (Å²) in [5.74, 6) is -1.00. The molecule has 0 saturated carbocycles. The third kappa shape index (κ3) is 5.19. The van der Waals surface area contributed by atoms with Crippen LogP contribution in [0.4, 0.5) is 20.3 Å². The van der Waals surface area contributed by atoms with Crippen LogP contribution < -0.4 is 10.2 Å². The molecule has 0 radical (unpaired) electrons. The Kier molecular flexibility index (Phi) is 6.88. The fourth-order valence-electron chi connectivity index (χ4n) is 4.98. The van der Waals surface area contributed by atoms with Crippen LogP contribution in [0.2, 0.25) is 0 Å². The Morgan fingerprint density at radius 1 is 0.944 bits per heavy atom. The van der Waals surface area contributed by atoms with E-state index in [1.54, 1.807) is 11.1 Å². The molecule has 186 valence electrons. The fraction of sp³-hybridized carbons (Fsp3) is 0.333. The maximum absolute atomic E-state index is 14.0. The summed E-state index contributed by atoms with van der Waals surface area (Å²) < 4.78 is 27.2. The van der Waals surface area contributed by atoms with Gasteiger partial charge in [-0.2, -0.15) is 5.10 Å². The Morgan fingerprint density at radius 3 is 2.42 bits per heavy atom. The monoisotopic (exact) mass is 491 g/mol. The number of carbonyl (C=O) groups is 2. The number of amides is 2. The number of nitrogens with zero attached hydrogens (tertiary/aromatic N) is 4. The largest absolute Gasteiger partial charge is 0.354 e. The van der Waals surface area contributed by atoms with Crippen molar-refractivity contribution in [2.75, 3.05) is 36.4 Å². The number of carbonyl (C=O) groups excluding carboxylic acids is 2. The van der Waals surface area contributed by atoms with Crippen LogP contribution in [0.1, 0.15) is 41.1 Å². The third-order valence-electron chi connectivity index (χ3n) is 7.03. The highest BCUT2D eigenvalue weighted by Crippen LogP contribution is 2.30. The van der Waals surface area contributed by atoms with Crippen molar-refractivity contribution < 1.29 is 18.4 Å². The molecule has 0 bridgehead atoms. The summed E-state index contributed by atoms with van der Waals surface area (Å²) in [6.45, 7) is 2.39. The van der Waals surface area contributed by atoms with Gasteiger partial charge in [0.2, 0.25) is 5.91 Å². The number of nitrogens with one attached hydrogen (secondary N) is 1. The molecule has 36 heavy (non-hydrogen) atoms. The summed E-state index contributed by atoms with van der Waals surface area (Å²) >= 11 is 0. The van der Waals surface area contributed by atoms with E-state index < -0.39 is 17.5 Å². The molecule has 7 nitrogen and oxygen atoms in total. The fourth-order valence-corrected chi connectivity index (χ4v) is 4.98. The van der Waals surface area contributed by atoms with E-state index in [0.29, 0.717) is 19.6 Å². The highest BCUT2D eigenvalue weighted by molar-refractivity contribution is 5.94. The van der Waals surface area contributed by atoms with Gasteiger partial charge in [0.1, 0.15) is 11.6 Å². The highest BCUT2D eigenvalue weighted by atomic mass is 19.1. The number of benzene rings is 2. The molecule has 2 aliphatic heterocycles. The second kappa shape index (κ2) is 10.4. The topological polar surface area (TPSA) is 78.4 Å². The standard InChI is InChI=1S/C27H27F2N5O2/c28-21-5-8-23(24(29)16-21)27(36)33-13-9-19(10-14-33)18-3-6-22(7-4-18)31-26(35)20-11-15-34(17-20)25-2-1-12-30-32-25/h1-8,12,16,19-20H,9-11,13-15,17H2,(H,31,35)/t20-/m0/s1. The Balaban J connectivity index is 1.13. The minimum atomic E-state index is -0.834. The Labute approximate surface area is 208 Å². The second-order valence-corrected chi connectivity index (χ2v) is 9.32. The lowest BCUT2D eigenvalue weighted by atomic mass is 9.89. The van der Waals surface area contributed by atoms with Gasteiger partial charge in [-0.05, 0) is 67.1 Å². The van der Waals surface area contributed by atoms with Crippen molar-refractivity contribution in [2.45, 2.75) is 25.2 Å². The molecule has 0 unspecified atom stereocenters. The van der Waals surface area contributed by atoms with Crippen LogP contribution in [0, 0.1) is 17.6 Å². The number of piperidine rings is 1. The van der Waals surface area contributed by atoms with Gasteiger partial charge < -0.3 is 15.1 Å². The molecular formula is C27H27F2N5O2. The zero-order valence-electron chi connectivity index (χ0n) is 19.7. The lowest BCUT2D eigenvalue weighted by molar-refractivity contribution is -0.119. The first kappa shape index (κ1) is 23.8. The molecule has 2 aromatic carbocycles. The first-order chi connectivity index (χ1) is 17.5. The summed E-state index contributed by atoms with van der Waals surface area (Å²) in [5.41, 5.74) is 1.79. The van der Waals surface area contributed by atoms with Gasteiger partial charge in [0, 0.05) is 44.1 Å². The lowest BCUT2D eigenvalue weighted by Gasteiger charge is -2.32. The summed E-state index contributed by atoms with van der Waals surface area (Å²) in [6.07, 6.45) is 3.89. The molecule has 1 atom stereocenters. The van der Waals surface area contributed by atoms with E-state index >= 15 is 0 Å². The quantitative estimate of drug-likeness (QED) is 0.578. The second-order valence-electron chi connectivity index (χ2n) is 9.32. The van der Waals surface area contributed by atoms with E-state index in [4.69, 9.17) is 0 Å². The van der Waals surface area contributed by atoms with E-state index in [0.717, 1.165) is 55.0 Å². The van der Waals surface area contributed by atoms with Crippen molar-refractivity contribution in [2.24, 2.45) is 5.92 Å². The SMILES string of the molecule is O=C(Nc1ccc(C2CCN(C(=O)c3ccc(F)cc3F)CC2)cc1)[C@H]1CCN(c2cccnn2)C1. The summed E-state index contributed by atoms with van der Waals surface area (Å²) in [6, 6.07) is 14.6. The Morgan fingerprint density at radius 2 is 1.72 bits per heavy atom. The van der Waals surface area contributed by atoms with E-state index in [1.807, 2.05) is 36.4 Å². The van der Waals surface area contributed by atoms with Crippen molar-refractivity contribution in [1.29, 1.82) is 0 Å². The molecule has 2 saturated heterocycles. The number of aromatic nitrogens is 2. The van der Waals surface area contributed by atoms with Crippen LogP contribution in [0.15, 0.2) is 60.8 Å². The molecule has 9 heteroatoms. The molecule has 3 aromatic rings. The van der Waals surface area contributed by atoms with E-state index in [9.17, 15) is 18.4 Å². The maximum Gasteiger partial charge on any atom is 0.256 e. The predicted octanol–water partition coefficient (Wildman–Crippen LogP) is 4.24. The van der Waals surface area contributed by atoms with Gasteiger partial charge in [0.05, 0.1) is 11.5 Å². The molecule has 2 fully saturated rings. The van der Waals surface area contributed by atoms with Crippen molar-refractivity contribution in [1.82, 2.24) is 15.1 Å². The normalized spacial score (nSPS) is 18.3. The van der Waals surface area contributed by atoms with Crippen LogP contribution >= 0.6 is 0 Å².